The van der Waals surface area contributed by atoms with E-state index in [1.165, 1.54) is 0 Å². The minimum atomic E-state index is -0.203. The molecule has 0 aliphatic heterocycles. The largest absolute Gasteiger partial charge is 0.339 e. The summed E-state index contributed by atoms with van der Waals surface area (Å²) in [5, 5.41) is 2.91. The Morgan fingerprint density at radius 2 is 1.62 bits per heavy atom. The van der Waals surface area contributed by atoms with Crippen LogP contribution in [-0.2, 0) is 18.4 Å². The lowest BCUT2D eigenvalue weighted by Crippen LogP contribution is -2.31. The summed E-state index contributed by atoms with van der Waals surface area (Å²) in [5.41, 5.74) is 3.69. The molecule has 174 valence electrons. The van der Waals surface area contributed by atoms with Gasteiger partial charge in [-0.1, -0.05) is 42.5 Å². The summed E-state index contributed by atoms with van der Waals surface area (Å²) in [6.45, 7) is 2.25. The van der Waals surface area contributed by atoms with Crippen molar-refractivity contribution >= 4 is 28.5 Å². The summed E-state index contributed by atoms with van der Waals surface area (Å²) >= 11 is 0. The quantitative estimate of drug-likeness (QED) is 0.453. The van der Waals surface area contributed by atoms with Crippen molar-refractivity contribution in [1.82, 2.24) is 14.0 Å². The van der Waals surface area contributed by atoms with Gasteiger partial charge in [0.15, 0.2) is 0 Å². The van der Waals surface area contributed by atoms with Gasteiger partial charge in [0.2, 0.25) is 5.91 Å². The second-order valence-corrected chi connectivity index (χ2v) is 8.36. The molecular weight excluding hydrogens is 428 g/mol. The summed E-state index contributed by atoms with van der Waals surface area (Å²) < 4.78 is 3.24. The molecule has 1 heterocycles. The first-order valence-corrected chi connectivity index (χ1v) is 11.2. The van der Waals surface area contributed by atoms with Crippen LogP contribution in [0.15, 0.2) is 83.7 Å². The number of anilines is 1. The number of amides is 2. The first kappa shape index (κ1) is 23.0. The standard InChI is InChI=1S/C27H28N4O3/c1-19(21-12-9-13-22(18-21)28-26(33)20-10-5-4-6-11-20)29(2)25(32)16-17-31-24-15-8-7-14-23(24)30(3)27(31)34/h4-15,18-19H,16-17H2,1-3H3,(H,28,33)/t19-/m1/s1. The van der Waals surface area contributed by atoms with Gasteiger partial charge in [-0.3, -0.25) is 18.7 Å². The van der Waals surface area contributed by atoms with Crippen LogP contribution < -0.4 is 11.0 Å². The molecule has 4 aromatic rings. The average molecular weight is 457 g/mol. The second-order valence-electron chi connectivity index (χ2n) is 8.36. The molecule has 0 saturated heterocycles. The molecule has 2 amide bonds. The van der Waals surface area contributed by atoms with E-state index in [1.807, 2.05) is 73.7 Å². The summed E-state index contributed by atoms with van der Waals surface area (Å²) in [4.78, 5) is 39.7. The molecule has 0 bridgehead atoms. The number of nitrogens with one attached hydrogen (secondary N) is 1. The number of carbonyl (C=O) groups excluding carboxylic acids is 2. The van der Waals surface area contributed by atoms with E-state index in [-0.39, 0.29) is 30.0 Å². The summed E-state index contributed by atoms with van der Waals surface area (Å²) in [5.74, 6) is -0.249. The maximum atomic E-state index is 13.0. The number of fused-ring (bicyclic) bond motifs is 1. The van der Waals surface area contributed by atoms with Gasteiger partial charge in [-0.2, -0.15) is 0 Å². The van der Waals surface area contributed by atoms with E-state index in [1.54, 1.807) is 40.3 Å². The average Bonchev–Trinajstić information content (AvgIpc) is 3.11. The number of nitrogens with zero attached hydrogens (tertiary/aromatic N) is 3. The molecule has 0 saturated carbocycles. The molecule has 34 heavy (non-hydrogen) atoms. The van der Waals surface area contributed by atoms with E-state index in [2.05, 4.69) is 5.32 Å². The topological polar surface area (TPSA) is 76.3 Å². The Morgan fingerprint density at radius 1 is 0.941 bits per heavy atom. The van der Waals surface area contributed by atoms with E-state index in [0.29, 0.717) is 17.8 Å². The summed E-state index contributed by atoms with van der Waals surface area (Å²) in [6.07, 6.45) is 0.208. The zero-order valence-electron chi connectivity index (χ0n) is 19.6. The highest BCUT2D eigenvalue weighted by Crippen LogP contribution is 2.23. The molecule has 0 aliphatic rings. The van der Waals surface area contributed by atoms with Crippen molar-refractivity contribution in [2.45, 2.75) is 25.9 Å². The third-order valence-corrected chi connectivity index (χ3v) is 6.24. The summed E-state index contributed by atoms with van der Waals surface area (Å²) in [7, 11) is 3.49. The highest BCUT2D eigenvalue weighted by molar-refractivity contribution is 6.04. The molecular formula is C27H28N4O3. The van der Waals surface area contributed by atoms with Crippen molar-refractivity contribution in [3.8, 4) is 0 Å². The minimum absolute atomic E-state index is 0.0638. The number of rotatable bonds is 7. The van der Waals surface area contributed by atoms with Crippen LogP contribution >= 0.6 is 0 Å². The Labute approximate surface area is 198 Å². The van der Waals surface area contributed by atoms with Crippen molar-refractivity contribution in [2.24, 2.45) is 7.05 Å². The number of para-hydroxylation sites is 2. The predicted octanol–water partition coefficient (Wildman–Crippen LogP) is 4.20. The molecule has 1 atom stereocenters. The van der Waals surface area contributed by atoms with Crippen LogP contribution in [0.5, 0.6) is 0 Å². The maximum absolute atomic E-state index is 13.0. The van der Waals surface area contributed by atoms with Crippen LogP contribution in [0.4, 0.5) is 5.69 Å². The van der Waals surface area contributed by atoms with Crippen LogP contribution in [0.2, 0.25) is 0 Å². The van der Waals surface area contributed by atoms with Crippen LogP contribution in [-0.4, -0.2) is 32.9 Å². The molecule has 1 aromatic heterocycles. The Hall–Kier alpha value is -4.13. The van der Waals surface area contributed by atoms with Crippen LogP contribution in [0.3, 0.4) is 0 Å². The van der Waals surface area contributed by atoms with Crippen LogP contribution in [0, 0.1) is 0 Å². The Morgan fingerprint density at radius 3 is 2.35 bits per heavy atom. The van der Waals surface area contributed by atoms with Crippen molar-refractivity contribution in [1.29, 1.82) is 0 Å². The lowest BCUT2D eigenvalue weighted by atomic mass is 10.1. The van der Waals surface area contributed by atoms with Gasteiger partial charge in [0, 0.05) is 38.3 Å². The minimum Gasteiger partial charge on any atom is -0.339 e. The normalized spacial score (nSPS) is 11.9. The highest BCUT2D eigenvalue weighted by atomic mass is 16.2. The number of carbonyl (C=O) groups is 2. The summed E-state index contributed by atoms with van der Waals surface area (Å²) in [6, 6.07) is 23.9. The van der Waals surface area contributed by atoms with E-state index in [9.17, 15) is 14.4 Å². The van der Waals surface area contributed by atoms with Crippen molar-refractivity contribution < 1.29 is 9.59 Å². The first-order valence-electron chi connectivity index (χ1n) is 11.2. The van der Waals surface area contributed by atoms with E-state index < -0.39 is 0 Å². The van der Waals surface area contributed by atoms with E-state index in [4.69, 9.17) is 0 Å². The molecule has 0 spiro atoms. The van der Waals surface area contributed by atoms with Crippen LogP contribution in [0.25, 0.3) is 11.0 Å². The fourth-order valence-corrected chi connectivity index (χ4v) is 4.07. The van der Waals surface area contributed by atoms with Crippen molar-refractivity contribution in [2.75, 3.05) is 12.4 Å². The fraction of sp³-hybridized carbons (Fsp3) is 0.222. The molecule has 4 rings (SSSR count). The Bertz CT molecular complexity index is 1390. The first-order chi connectivity index (χ1) is 16.4. The monoisotopic (exact) mass is 456 g/mol. The number of hydrogen-bond acceptors (Lipinski definition) is 3. The number of aromatic nitrogens is 2. The third-order valence-electron chi connectivity index (χ3n) is 6.24. The number of hydrogen-bond donors (Lipinski definition) is 1. The SMILES string of the molecule is C[C@H](c1cccc(NC(=O)c2ccccc2)c1)N(C)C(=O)CCn1c(=O)n(C)c2ccccc21. The van der Waals surface area contributed by atoms with Gasteiger partial charge in [-0.25, -0.2) is 4.79 Å². The Kier molecular flexibility index (Phi) is 6.63. The van der Waals surface area contributed by atoms with E-state index in [0.717, 1.165) is 16.6 Å². The molecule has 7 heteroatoms. The van der Waals surface area contributed by atoms with Gasteiger partial charge in [0.1, 0.15) is 0 Å². The number of imidazole rings is 1. The smallest absolute Gasteiger partial charge is 0.328 e. The number of benzene rings is 3. The van der Waals surface area contributed by atoms with Crippen molar-refractivity contribution in [3.63, 3.8) is 0 Å². The second kappa shape index (κ2) is 9.79. The molecule has 0 unspecified atom stereocenters. The molecule has 7 nitrogen and oxygen atoms in total. The van der Waals surface area contributed by atoms with Gasteiger partial charge in [0.05, 0.1) is 17.1 Å². The zero-order valence-corrected chi connectivity index (χ0v) is 19.6. The molecule has 0 fully saturated rings. The van der Waals surface area contributed by atoms with Gasteiger partial charge in [-0.05, 0) is 48.9 Å². The number of aryl methyl sites for hydroxylation is 2. The lowest BCUT2D eigenvalue weighted by Gasteiger charge is -2.26. The van der Waals surface area contributed by atoms with Gasteiger partial charge >= 0.3 is 5.69 Å². The zero-order chi connectivity index (χ0) is 24.2. The van der Waals surface area contributed by atoms with Gasteiger partial charge < -0.3 is 10.2 Å². The third kappa shape index (κ3) is 4.64. The predicted molar refractivity (Wildman–Crippen MR) is 134 cm³/mol. The van der Waals surface area contributed by atoms with Gasteiger partial charge in [0.25, 0.3) is 5.91 Å². The van der Waals surface area contributed by atoms with E-state index >= 15 is 0 Å². The lowest BCUT2D eigenvalue weighted by molar-refractivity contribution is -0.132. The maximum Gasteiger partial charge on any atom is 0.328 e. The van der Waals surface area contributed by atoms with Gasteiger partial charge in [-0.15, -0.1) is 0 Å². The fourth-order valence-electron chi connectivity index (χ4n) is 4.07. The molecule has 3 aromatic carbocycles. The Balaban J connectivity index is 1.43. The van der Waals surface area contributed by atoms with Crippen molar-refractivity contribution in [3.05, 3.63) is 100 Å². The highest BCUT2D eigenvalue weighted by Gasteiger charge is 2.19. The molecule has 1 N–H and O–H groups in total. The molecule has 0 aliphatic carbocycles. The van der Waals surface area contributed by atoms with Crippen LogP contribution in [0.1, 0.15) is 35.3 Å². The molecule has 0 radical (unpaired) electrons.